The van der Waals surface area contributed by atoms with Crippen LogP contribution in [0.25, 0.3) is 11.0 Å². The van der Waals surface area contributed by atoms with Crippen molar-refractivity contribution in [3.05, 3.63) is 58.9 Å². The number of rotatable bonds is 2. The standard InChI is InChI=1S/C23H19F2N3O2/c1-3-4-6-13-9-10-15-16(11-13)28-17-12-18(21(28)26-15)27(2)22(29)14-7-5-8-19(20(14)17)30-23(24)25/h5,7-11,17-18,23H,3,12H2,1-2H3/t17-,18-/m1/s1/i2D3. The van der Waals surface area contributed by atoms with Crippen LogP contribution in [0.2, 0.25) is 0 Å². The molecule has 3 aromatic rings. The summed E-state index contributed by atoms with van der Waals surface area (Å²) >= 11 is 0. The molecule has 5 nitrogen and oxygen atoms in total. The highest BCUT2D eigenvalue weighted by Crippen LogP contribution is 2.49. The molecule has 0 N–H and O–H groups in total. The van der Waals surface area contributed by atoms with Crippen molar-refractivity contribution in [2.24, 2.45) is 0 Å². The first-order chi connectivity index (χ1) is 15.7. The smallest absolute Gasteiger partial charge is 0.387 e. The fraction of sp³-hybridized carbons (Fsp3) is 0.304. The van der Waals surface area contributed by atoms with E-state index in [-0.39, 0.29) is 23.3 Å². The third-order valence-corrected chi connectivity index (χ3v) is 5.56. The Balaban J connectivity index is 1.81. The number of carbonyl (C=O) groups is 1. The highest BCUT2D eigenvalue weighted by atomic mass is 19.3. The molecule has 2 atom stereocenters. The van der Waals surface area contributed by atoms with E-state index in [1.54, 1.807) is 6.07 Å². The number of amides is 1. The number of imidazole rings is 1. The number of carbonyl (C=O) groups excluding carboxylic acids is 1. The minimum atomic E-state index is -3.10. The van der Waals surface area contributed by atoms with Crippen molar-refractivity contribution in [3.8, 4) is 17.6 Å². The van der Waals surface area contributed by atoms with E-state index < -0.39 is 31.6 Å². The maximum Gasteiger partial charge on any atom is 0.387 e. The summed E-state index contributed by atoms with van der Waals surface area (Å²) in [6.07, 6.45) is 0.870. The minimum Gasteiger partial charge on any atom is -0.434 e. The van der Waals surface area contributed by atoms with E-state index in [1.807, 2.05) is 23.6 Å². The van der Waals surface area contributed by atoms with Crippen LogP contribution in [0.3, 0.4) is 0 Å². The summed E-state index contributed by atoms with van der Waals surface area (Å²) in [5, 5.41) is 0. The molecule has 0 aliphatic carbocycles. The summed E-state index contributed by atoms with van der Waals surface area (Å²) in [5.74, 6) is 5.57. The van der Waals surface area contributed by atoms with Crippen LogP contribution in [0.4, 0.5) is 8.78 Å². The fourth-order valence-corrected chi connectivity index (χ4v) is 4.38. The van der Waals surface area contributed by atoms with Gasteiger partial charge in [-0.3, -0.25) is 4.79 Å². The molecule has 0 fully saturated rings. The zero-order valence-electron chi connectivity index (χ0n) is 19.0. The molecule has 152 valence electrons. The van der Waals surface area contributed by atoms with Gasteiger partial charge >= 0.3 is 6.61 Å². The van der Waals surface area contributed by atoms with Gasteiger partial charge in [-0.05, 0) is 30.3 Å². The van der Waals surface area contributed by atoms with Crippen LogP contribution in [-0.2, 0) is 0 Å². The predicted octanol–water partition coefficient (Wildman–Crippen LogP) is 4.52. The van der Waals surface area contributed by atoms with E-state index in [4.69, 9.17) is 8.85 Å². The van der Waals surface area contributed by atoms with Crippen LogP contribution < -0.4 is 4.74 Å². The zero-order chi connectivity index (χ0) is 23.5. The van der Waals surface area contributed by atoms with E-state index in [0.29, 0.717) is 23.3 Å². The van der Waals surface area contributed by atoms with Gasteiger partial charge in [-0.25, -0.2) is 4.98 Å². The molecule has 2 aliphatic rings. The summed E-state index contributed by atoms with van der Waals surface area (Å²) in [4.78, 5) is 18.9. The highest BCUT2D eigenvalue weighted by Gasteiger charge is 2.44. The maximum absolute atomic E-state index is 13.4. The number of hydrogen-bond acceptors (Lipinski definition) is 3. The van der Waals surface area contributed by atoms with Crippen LogP contribution in [0.1, 0.15) is 63.3 Å². The fourth-order valence-electron chi connectivity index (χ4n) is 4.38. The first-order valence-corrected chi connectivity index (χ1v) is 9.62. The second kappa shape index (κ2) is 6.84. The number of ether oxygens (including phenoxy) is 1. The Labute approximate surface area is 176 Å². The lowest BCUT2D eigenvalue weighted by molar-refractivity contribution is -0.0507. The minimum absolute atomic E-state index is 0.0335. The molecule has 5 rings (SSSR count). The van der Waals surface area contributed by atoms with Gasteiger partial charge in [-0.2, -0.15) is 8.78 Å². The lowest BCUT2D eigenvalue weighted by atomic mass is 9.97. The lowest BCUT2D eigenvalue weighted by Gasteiger charge is -2.24. The van der Waals surface area contributed by atoms with Gasteiger partial charge in [0.1, 0.15) is 11.6 Å². The van der Waals surface area contributed by atoms with Crippen molar-refractivity contribution in [1.82, 2.24) is 14.5 Å². The Morgan fingerprint density at radius 3 is 2.97 bits per heavy atom. The molecule has 1 aromatic heterocycles. The Morgan fingerprint density at radius 2 is 2.20 bits per heavy atom. The van der Waals surface area contributed by atoms with Crippen molar-refractivity contribution < 1.29 is 22.4 Å². The third-order valence-electron chi connectivity index (χ3n) is 5.56. The van der Waals surface area contributed by atoms with E-state index >= 15 is 0 Å². The van der Waals surface area contributed by atoms with Gasteiger partial charge in [0.25, 0.3) is 5.91 Å². The van der Waals surface area contributed by atoms with Crippen LogP contribution in [0.15, 0.2) is 36.4 Å². The van der Waals surface area contributed by atoms with Crippen LogP contribution in [-0.4, -0.2) is 33.9 Å². The summed E-state index contributed by atoms with van der Waals surface area (Å²) in [5.41, 5.74) is 2.33. The Hall–Kier alpha value is -3.40. The molecule has 3 heterocycles. The predicted molar refractivity (Wildman–Crippen MR) is 108 cm³/mol. The molecule has 0 spiro atoms. The topological polar surface area (TPSA) is 47.4 Å². The van der Waals surface area contributed by atoms with Crippen molar-refractivity contribution in [3.63, 3.8) is 0 Å². The summed E-state index contributed by atoms with van der Waals surface area (Å²) < 4.78 is 57.1. The molecule has 0 saturated heterocycles. The number of benzene rings is 2. The van der Waals surface area contributed by atoms with Gasteiger partial charge in [-0.15, -0.1) is 0 Å². The second-order valence-electron chi connectivity index (χ2n) is 7.24. The third kappa shape index (κ3) is 2.67. The number of alkyl halides is 2. The van der Waals surface area contributed by atoms with Crippen LogP contribution >= 0.6 is 0 Å². The molecular weight excluding hydrogens is 388 g/mol. The molecule has 2 bridgehead atoms. The number of aromatic nitrogens is 2. The van der Waals surface area contributed by atoms with Crippen molar-refractivity contribution in [2.45, 2.75) is 38.5 Å². The largest absolute Gasteiger partial charge is 0.434 e. The van der Waals surface area contributed by atoms with E-state index in [9.17, 15) is 13.6 Å². The Bertz CT molecular complexity index is 1340. The molecule has 0 saturated carbocycles. The van der Waals surface area contributed by atoms with Gasteiger partial charge in [0.05, 0.1) is 23.1 Å². The van der Waals surface area contributed by atoms with Gasteiger partial charge in [-0.1, -0.05) is 24.8 Å². The van der Waals surface area contributed by atoms with Crippen molar-refractivity contribution in [1.29, 1.82) is 0 Å². The maximum atomic E-state index is 13.4. The first-order valence-electron chi connectivity index (χ1n) is 11.1. The summed E-state index contributed by atoms with van der Waals surface area (Å²) in [7, 11) is 0. The van der Waals surface area contributed by atoms with Crippen molar-refractivity contribution >= 4 is 16.9 Å². The van der Waals surface area contributed by atoms with Gasteiger partial charge in [0, 0.05) is 40.6 Å². The first kappa shape index (κ1) is 15.4. The summed E-state index contributed by atoms with van der Waals surface area (Å²) in [6.45, 7) is -3.91. The molecular formula is C23H19F2N3O2. The average molecular weight is 410 g/mol. The van der Waals surface area contributed by atoms with E-state index in [0.717, 1.165) is 10.5 Å². The number of hydrogen-bond donors (Lipinski definition) is 0. The SMILES string of the molecule is [2H]C([2H])([2H])N1C(=O)c2cccc(OC(F)F)c2[C@H]2C[C@@H]1c1nc3ccc(C#CCC)cc3n12. The number of halogens is 2. The van der Waals surface area contributed by atoms with E-state index in [1.165, 1.54) is 18.2 Å². The Kier molecular flexibility index (Phi) is 3.52. The van der Waals surface area contributed by atoms with Crippen LogP contribution in [0, 0.1) is 11.8 Å². The zero-order valence-corrected chi connectivity index (χ0v) is 16.0. The molecule has 0 radical (unpaired) electrons. The van der Waals surface area contributed by atoms with Crippen LogP contribution in [0.5, 0.6) is 5.75 Å². The molecule has 2 aliphatic heterocycles. The average Bonchev–Trinajstić information content (AvgIpc) is 3.24. The summed E-state index contributed by atoms with van der Waals surface area (Å²) in [6, 6.07) is 8.24. The molecule has 2 aromatic carbocycles. The number of nitrogens with zero attached hydrogens (tertiary/aromatic N) is 3. The van der Waals surface area contributed by atoms with Gasteiger partial charge in [0.15, 0.2) is 0 Å². The molecule has 0 unspecified atom stereocenters. The quantitative estimate of drug-likeness (QED) is 0.584. The molecule has 1 amide bonds. The van der Waals surface area contributed by atoms with Crippen molar-refractivity contribution in [2.75, 3.05) is 6.98 Å². The van der Waals surface area contributed by atoms with Gasteiger partial charge in [0.2, 0.25) is 0 Å². The second-order valence-corrected chi connectivity index (χ2v) is 7.24. The Morgan fingerprint density at radius 1 is 1.33 bits per heavy atom. The monoisotopic (exact) mass is 410 g/mol. The normalized spacial score (nSPS) is 21.3. The number of fused-ring (bicyclic) bond motifs is 9. The molecule has 30 heavy (non-hydrogen) atoms. The van der Waals surface area contributed by atoms with Gasteiger partial charge < -0.3 is 14.2 Å². The van der Waals surface area contributed by atoms with E-state index in [2.05, 4.69) is 16.8 Å². The lowest BCUT2D eigenvalue weighted by Crippen LogP contribution is -2.30. The highest BCUT2D eigenvalue weighted by molar-refractivity contribution is 5.97. The molecule has 7 heteroatoms.